The topological polar surface area (TPSA) is 85.4 Å². The number of piperidine rings is 1. The zero-order valence-corrected chi connectivity index (χ0v) is 19.8. The van der Waals surface area contributed by atoms with Gasteiger partial charge in [0.05, 0.1) is 17.5 Å². The highest BCUT2D eigenvalue weighted by Gasteiger charge is 2.44. The lowest BCUT2D eigenvalue weighted by Gasteiger charge is -2.38. The fraction of sp³-hybridized carbons (Fsp3) is 0.370. The van der Waals surface area contributed by atoms with Crippen LogP contribution in [0.1, 0.15) is 42.0 Å². The number of nitrogens with one attached hydrogen (secondary N) is 3. The Morgan fingerprint density at radius 3 is 2.40 bits per heavy atom. The number of aromatic nitrogens is 2. The van der Waals surface area contributed by atoms with E-state index in [0.29, 0.717) is 19.6 Å². The number of hydrogen-bond donors (Lipinski definition) is 3. The minimum absolute atomic E-state index is 0.0322. The number of amides is 1. The maximum absolute atomic E-state index is 13.4. The summed E-state index contributed by atoms with van der Waals surface area (Å²) < 4.78 is 0. The van der Waals surface area contributed by atoms with Gasteiger partial charge in [-0.05, 0) is 30.4 Å². The molecule has 2 atom stereocenters. The van der Waals surface area contributed by atoms with Crippen molar-refractivity contribution in [2.24, 2.45) is 5.92 Å². The molecule has 3 aliphatic heterocycles. The highest BCUT2D eigenvalue weighted by atomic mass is 16.2. The molecule has 6 rings (SSSR count). The van der Waals surface area contributed by atoms with Crippen LogP contribution in [0.15, 0.2) is 60.7 Å². The maximum Gasteiger partial charge on any atom is 0.229 e. The third-order valence-corrected chi connectivity index (χ3v) is 7.19. The predicted octanol–water partition coefficient (Wildman–Crippen LogP) is 3.39. The Morgan fingerprint density at radius 1 is 0.943 bits per heavy atom. The highest BCUT2D eigenvalue weighted by molar-refractivity contribution is 5.83. The van der Waals surface area contributed by atoms with E-state index in [1.54, 1.807) is 0 Å². The smallest absolute Gasteiger partial charge is 0.229 e. The second-order valence-corrected chi connectivity index (χ2v) is 9.58. The van der Waals surface area contributed by atoms with Gasteiger partial charge in [0.2, 0.25) is 11.9 Å². The van der Waals surface area contributed by atoms with Crippen LogP contribution in [0.4, 0.5) is 17.6 Å². The van der Waals surface area contributed by atoms with E-state index in [-0.39, 0.29) is 17.9 Å². The Kier molecular flexibility index (Phi) is 5.96. The summed E-state index contributed by atoms with van der Waals surface area (Å²) in [6.45, 7) is 3.76. The zero-order valence-electron chi connectivity index (χ0n) is 19.8. The fourth-order valence-corrected chi connectivity index (χ4v) is 5.35. The zero-order chi connectivity index (χ0) is 23.6. The molecule has 3 aromatic rings. The molecule has 0 spiro atoms. The second kappa shape index (κ2) is 9.54. The number of benzene rings is 2. The first-order valence-corrected chi connectivity index (χ1v) is 12.6. The van der Waals surface area contributed by atoms with Crippen LogP contribution < -0.4 is 26.0 Å². The van der Waals surface area contributed by atoms with Crippen molar-refractivity contribution >= 4 is 23.5 Å². The van der Waals surface area contributed by atoms with E-state index in [4.69, 9.17) is 9.97 Å². The van der Waals surface area contributed by atoms with Crippen molar-refractivity contribution in [2.75, 3.05) is 34.9 Å². The van der Waals surface area contributed by atoms with Gasteiger partial charge in [0.25, 0.3) is 0 Å². The first-order chi connectivity index (χ1) is 17.3. The summed E-state index contributed by atoms with van der Waals surface area (Å²) >= 11 is 0. The van der Waals surface area contributed by atoms with Crippen molar-refractivity contribution in [2.45, 2.75) is 38.4 Å². The molecule has 0 aliphatic carbocycles. The quantitative estimate of drug-likeness (QED) is 0.510. The standard InChI is InChI=1S/C27H31N7O/c35-26(28-16-19-10-4-1-5-11-19)21-18-34(17-20-12-6-2-7-13-20)25-22-23(21)31-32-24(22)29-27(30-25)33-14-8-3-9-15-33/h1-2,4-7,10-13,21,23,31H,3,8-9,14-18H2,(H,28,35)(H,29,30,32). The van der Waals surface area contributed by atoms with Crippen molar-refractivity contribution in [1.82, 2.24) is 20.7 Å². The minimum Gasteiger partial charge on any atom is -0.352 e. The summed E-state index contributed by atoms with van der Waals surface area (Å²) in [6.07, 6.45) is 3.60. The third kappa shape index (κ3) is 4.41. The largest absolute Gasteiger partial charge is 0.352 e. The van der Waals surface area contributed by atoms with Crippen LogP contribution >= 0.6 is 0 Å². The van der Waals surface area contributed by atoms with Crippen molar-refractivity contribution in [3.8, 4) is 0 Å². The number of anilines is 3. The maximum atomic E-state index is 13.4. The molecule has 2 unspecified atom stereocenters. The number of rotatable bonds is 6. The van der Waals surface area contributed by atoms with Crippen LogP contribution in [-0.4, -0.2) is 35.5 Å². The van der Waals surface area contributed by atoms with Gasteiger partial charge in [0.1, 0.15) is 5.82 Å². The molecule has 35 heavy (non-hydrogen) atoms. The molecule has 8 heteroatoms. The Morgan fingerprint density at radius 2 is 1.66 bits per heavy atom. The van der Waals surface area contributed by atoms with Crippen LogP contribution in [0.5, 0.6) is 0 Å². The predicted molar refractivity (Wildman–Crippen MR) is 137 cm³/mol. The van der Waals surface area contributed by atoms with E-state index < -0.39 is 0 Å². The van der Waals surface area contributed by atoms with Crippen LogP contribution in [0.25, 0.3) is 0 Å². The number of nitrogens with zero attached hydrogens (tertiary/aromatic N) is 4. The summed E-state index contributed by atoms with van der Waals surface area (Å²) in [7, 11) is 0. The number of hydrogen-bond acceptors (Lipinski definition) is 7. The fourth-order valence-electron chi connectivity index (χ4n) is 5.35. The summed E-state index contributed by atoms with van der Waals surface area (Å²) in [5.41, 5.74) is 9.90. The summed E-state index contributed by atoms with van der Waals surface area (Å²) in [4.78, 5) is 27.9. The molecular formula is C27H31N7O. The average molecular weight is 470 g/mol. The van der Waals surface area contributed by atoms with E-state index >= 15 is 0 Å². The highest BCUT2D eigenvalue weighted by Crippen LogP contribution is 2.44. The molecule has 1 amide bonds. The van der Waals surface area contributed by atoms with Gasteiger partial charge in [0.15, 0.2) is 5.82 Å². The molecule has 0 saturated carbocycles. The summed E-state index contributed by atoms with van der Waals surface area (Å²) in [5, 5.41) is 3.15. The monoisotopic (exact) mass is 469 g/mol. The lowest BCUT2D eigenvalue weighted by molar-refractivity contribution is -0.125. The number of hydrazine groups is 1. The van der Waals surface area contributed by atoms with Gasteiger partial charge in [0, 0.05) is 32.7 Å². The van der Waals surface area contributed by atoms with Gasteiger partial charge >= 0.3 is 0 Å². The molecule has 1 saturated heterocycles. The molecule has 1 fully saturated rings. The van der Waals surface area contributed by atoms with Gasteiger partial charge in [-0.2, -0.15) is 9.97 Å². The Hall–Kier alpha value is -3.65. The number of carbonyl (C=O) groups excluding carboxylic acids is 1. The van der Waals surface area contributed by atoms with E-state index in [1.807, 2.05) is 36.4 Å². The normalized spacial score (nSPS) is 20.8. The van der Waals surface area contributed by atoms with Crippen LogP contribution in [0, 0.1) is 5.92 Å². The van der Waals surface area contributed by atoms with Gasteiger partial charge in [-0.25, -0.2) is 5.43 Å². The van der Waals surface area contributed by atoms with Gasteiger partial charge in [-0.3, -0.25) is 4.79 Å². The van der Waals surface area contributed by atoms with Crippen LogP contribution in [-0.2, 0) is 17.9 Å². The minimum atomic E-state index is -0.270. The third-order valence-electron chi connectivity index (χ3n) is 7.19. The van der Waals surface area contributed by atoms with Gasteiger partial charge < -0.3 is 20.5 Å². The Balaban J connectivity index is 1.32. The van der Waals surface area contributed by atoms with Gasteiger partial charge in [-0.15, -0.1) is 0 Å². The average Bonchev–Trinajstić information content (AvgIpc) is 3.35. The first kappa shape index (κ1) is 21.9. The molecule has 3 aliphatic rings. The molecule has 8 nitrogen and oxygen atoms in total. The van der Waals surface area contributed by atoms with Crippen molar-refractivity contribution < 1.29 is 4.79 Å². The Labute approximate surface area is 205 Å². The molecule has 2 aromatic carbocycles. The van der Waals surface area contributed by atoms with Crippen molar-refractivity contribution in [3.05, 3.63) is 77.4 Å². The van der Waals surface area contributed by atoms with E-state index in [1.165, 1.54) is 24.8 Å². The van der Waals surface area contributed by atoms with Crippen LogP contribution in [0.3, 0.4) is 0 Å². The summed E-state index contributed by atoms with van der Waals surface area (Å²) in [5.74, 6) is 2.25. The van der Waals surface area contributed by atoms with Gasteiger partial charge in [-0.1, -0.05) is 60.7 Å². The Bertz CT molecular complexity index is 1180. The van der Waals surface area contributed by atoms with Crippen molar-refractivity contribution in [3.63, 3.8) is 0 Å². The molecule has 180 valence electrons. The van der Waals surface area contributed by atoms with E-state index in [9.17, 15) is 4.79 Å². The van der Waals surface area contributed by atoms with Crippen molar-refractivity contribution in [1.29, 1.82) is 0 Å². The van der Waals surface area contributed by atoms with Crippen LogP contribution in [0.2, 0.25) is 0 Å². The number of carbonyl (C=O) groups is 1. The molecule has 0 bridgehead atoms. The SMILES string of the molecule is O=C(NCc1ccccc1)C1CN(Cc2ccccc2)c2nc(N3CCCCC3)nc3c2C1NN3. The first-order valence-electron chi connectivity index (χ1n) is 12.6. The summed E-state index contributed by atoms with van der Waals surface area (Å²) in [6, 6.07) is 20.2. The molecule has 0 radical (unpaired) electrons. The molecule has 4 heterocycles. The van der Waals surface area contributed by atoms with E-state index in [0.717, 1.165) is 41.8 Å². The molecule has 3 N–H and O–H groups in total. The van der Waals surface area contributed by atoms with E-state index in [2.05, 4.69) is 50.2 Å². The molecule has 1 aromatic heterocycles. The second-order valence-electron chi connectivity index (χ2n) is 9.58. The molecular weight excluding hydrogens is 438 g/mol. The lowest BCUT2D eigenvalue weighted by Crippen LogP contribution is -2.48. The lowest BCUT2D eigenvalue weighted by atomic mass is 9.89.